The van der Waals surface area contributed by atoms with E-state index in [0.717, 1.165) is 10.9 Å². The number of methoxy groups -OCH3 is 1. The lowest BCUT2D eigenvalue weighted by Gasteiger charge is -2.15. The van der Waals surface area contributed by atoms with Gasteiger partial charge >= 0.3 is 5.97 Å². The zero-order valence-electron chi connectivity index (χ0n) is 16.6. The van der Waals surface area contributed by atoms with Crippen LogP contribution in [0.2, 0.25) is 0 Å². The fraction of sp³-hybridized carbons (Fsp3) is 0.238. The van der Waals surface area contributed by atoms with Crippen LogP contribution in [0.1, 0.15) is 18.1 Å². The SMILES string of the molecule is COc1cc([N+](=O)[O-])ccc1NC(=O)[C@@H](C)OC(=O)Cc1coc2cc(C)ccc12. The summed E-state index contributed by atoms with van der Waals surface area (Å²) >= 11 is 0. The summed E-state index contributed by atoms with van der Waals surface area (Å²) in [5.41, 5.74) is 2.44. The number of fused-ring (bicyclic) bond motifs is 1. The van der Waals surface area contributed by atoms with E-state index >= 15 is 0 Å². The molecule has 0 aliphatic rings. The molecule has 3 rings (SSSR count). The Bertz CT molecular complexity index is 1120. The highest BCUT2D eigenvalue weighted by atomic mass is 16.6. The topological polar surface area (TPSA) is 121 Å². The molecule has 3 aromatic rings. The molecule has 0 unspecified atom stereocenters. The Labute approximate surface area is 171 Å². The van der Waals surface area contributed by atoms with Crippen LogP contribution in [0.15, 0.2) is 47.1 Å². The first-order valence-corrected chi connectivity index (χ1v) is 9.08. The number of ether oxygens (including phenoxy) is 2. The molecule has 0 radical (unpaired) electrons. The second kappa shape index (κ2) is 8.64. The number of rotatable bonds is 7. The molecular formula is C21H20N2O7. The lowest BCUT2D eigenvalue weighted by molar-refractivity contribution is -0.384. The summed E-state index contributed by atoms with van der Waals surface area (Å²) in [5.74, 6) is -1.06. The number of nitro benzene ring substituents is 1. The summed E-state index contributed by atoms with van der Waals surface area (Å²) in [6, 6.07) is 9.44. The van der Waals surface area contributed by atoms with Gasteiger partial charge in [0.05, 0.1) is 36.5 Å². The summed E-state index contributed by atoms with van der Waals surface area (Å²) in [5, 5.41) is 14.2. The summed E-state index contributed by atoms with van der Waals surface area (Å²) in [6.45, 7) is 3.37. The van der Waals surface area contributed by atoms with Crippen molar-refractivity contribution in [3.8, 4) is 5.75 Å². The van der Waals surface area contributed by atoms with Gasteiger partial charge < -0.3 is 19.2 Å². The molecular weight excluding hydrogens is 392 g/mol. The zero-order valence-corrected chi connectivity index (χ0v) is 16.6. The van der Waals surface area contributed by atoms with Gasteiger partial charge in [0.25, 0.3) is 11.6 Å². The van der Waals surface area contributed by atoms with Gasteiger partial charge in [-0.05, 0) is 31.5 Å². The maximum atomic E-state index is 12.4. The molecule has 1 amide bonds. The minimum Gasteiger partial charge on any atom is -0.494 e. The van der Waals surface area contributed by atoms with Crippen molar-refractivity contribution in [3.63, 3.8) is 0 Å². The van der Waals surface area contributed by atoms with Crippen molar-refractivity contribution in [2.24, 2.45) is 0 Å². The maximum absolute atomic E-state index is 12.4. The Morgan fingerprint density at radius 3 is 2.70 bits per heavy atom. The van der Waals surface area contributed by atoms with Crippen LogP contribution >= 0.6 is 0 Å². The Balaban J connectivity index is 1.63. The van der Waals surface area contributed by atoms with Crippen LogP contribution in [-0.2, 0) is 20.7 Å². The van der Waals surface area contributed by atoms with Crippen LogP contribution < -0.4 is 10.1 Å². The number of amides is 1. The van der Waals surface area contributed by atoms with Crippen molar-refractivity contribution in [1.82, 2.24) is 0 Å². The first-order chi connectivity index (χ1) is 14.3. The second-order valence-corrected chi connectivity index (χ2v) is 6.70. The fourth-order valence-corrected chi connectivity index (χ4v) is 2.91. The molecule has 2 aromatic carbocycles. The van der Waals surface area contributed by atoms with Crippen molar-refractivity contribution < 1.29 is 28.4 Å². The lowest BCUT2D eigenvalue weighted by Crippen LogP contribution is -2.30. The van der Waals surface area contributed by atoms with Crippen LogP contribution in [0.5, 0.6) is 5.75 Å². The number of aryl methyl sites for hydroxylation is 1. The smallest absolute Gasteiger partial charge is 0.311 e. The standard InChI is InChI=1S/C21H20N2O7/c1-12-4-6-16-14(11-29-18(16)8-12)9-20(24)30-13(2)21(25)22-17-7-5-15(23(26)27)10-19(17)28-3/h4-8,10-11,13H,9H2,1-3H3,(H,22,25)/t13-/m1/s1. The van der Waals surface area contributed by atoms with Crippen LogP contribution in [-0.4, -0.2) is 30.0 Å². The van der Waals surface area contributed by atoms with Crippen molar-refractivity contribution in [1.29, 1.82) is 0 Å². The van der Waals surface area contributed by atoms with Crippen LogP contribution in [0.3, 0.4) is 0 Å². The number of non-ortho nitro benzene ring substituents is 1. The average molecular weight is 412 g/mol. The number of carbonyl (C=O) groups excluding carboxylic acids is 2. The number of nitrogens with zero attached hydrogens (tertiary/aromatic N) is 1. The molecule has 9 heteroatoms. The summed E-state index contributed by atoms with van der Waals surface area (Å²) in [6.07, 6.45) is 0.365. The number of furan rings is 1. The summed E-state index contributed by atoms with van der Waals surface area (Å²) in [7, 11) is 1.33. The normalized spacial score (nSPS) is 11.7. The number of anilines is 1. The van der Waals surface area contributed by atoms with Crippen molar-refractivity contribution in [2.45, 2.75) is 26.4 Å². The maximum Gasteiger partial charge on any atom is 0.311 e. The minimum atomic E-state index is -1.09. The summed E-state index contributed by atoms with van der Waals surface area (Å²) < 4.78 is 15.8. The van der Waals surface area contributed by atoms with E-state index in [1.807, 2.05) is 25.1 Å². The number of hydrogen-bond donors (Lipinski definition) is 1. The number of hydrogen-bond acceptors (Lipinski definition) is 7. The average Bonchev–Trinajstić information content (AvgIpc) is 3.09. The molecule has 9 nitrogen and oxygen atoms in total. The number of nitro groups is 1. The molecule has 0 saturated carbocycles. The number of benzene rings is 2. The van der Waals surface area contributed by atoms with Gasteiger partial charge in [0.2, 0.25) is 0 Å². The predicted molar refractivity (Wildman–Crippen MR) is 108 cm³/mol. The van der Waals surface area contributed by atoms with E-state index in [-0.39, 0.29) is 23.5 Å². The first-order valence-electron chi connectivity index (χ1n) is 9.08. The predicted octanol–water partition coefficient (Wildman–Crippen LogP) is 3.77. The fourth-order valence-electron chi connectivity index (χ4n) is 2.91. The molecule has 0 aliphatic carbocycles. The van der Waals surface area contributed by atoms with E-state index in [4.69, 9.17) is 13.9 Å². The quantitative estimate of drug-likeness (QED) is 0.356. The van der Waals surface area contributed by atoms with Gasteiger partial charge in [-0.3, -0.25) is 19.7 Å². The van der Waals surface area contributed by atoms with Gasteiger partial charge in [-0.1, -0.05) is 12.1 Å². The molecule has 1 N–H and O–H groups in total. The van der Waals surface area contributed by atoms with Crippen LogP contribution in [0, 0.1) is 17.0 Å². The summed E-state index contributed by atoms with van der Waals surface area (Å²) in [4.78, 5) is 35.0. The highest BCUT2D eigenvalue weighted by Crippen LogP contribution is 2.29. The molecule has 1 atom stereocenters. The van der Waals surface area contributed by atoms with Crippen LogP contribution in [0.25, 0.3) is 11.0 Å². The number of esters is 1. The van der Waals surface area contributed by atoms with E-state index in [1.165, 1.54) is 38.5 Å². The van der Waals surface area contributed by atoms with Gasteiger partial charge in [-0.25, -0.2) is 0 Å². The van der Waals surface area contributed by atoms with Crippen molar-refractivity contribution in [2.75, 3.05) is 12.4 Å². The monoisotopic (exact) mass is 412 g/mol. The van der Waals surface area contributed by atoms with E-state index in [1.54, 1.807) is 0 Å². The Hall–Kier alpha value is -3.88. The number of nitrogens with one attached hydrogen (secondary N) is 1. The second-order valence-electron chi connectivity index (χ2n) is 6.70. The van der Waals surface area contributed by atoms with Crippen molar-refractivity contribution in [3.05, 3.63) is 63.9 Å². The van der Waals surface area contributed by atoms with Gasteiger partial charge in [0, 0.05) is 17.0 Å². The van der Waals surface area contributed by atoms with E-state index in [0.29, 0.717) is 11.1 Å². The van der Waals surface area contributed by atoms with Gasteiger partial charge in [0.1, 0.15) is 11.3 Å². The molecule has 30 heavy (non-hydrogen) atoms. The molecule has 0 saturated heterocycles. The van der Waals surface area contributed by atoms with Crippen molar-refractivity contribution >= 4 is 34.2 Å². The van der Waals surface area contributed by atoms with Gasteiger partial charge in [-0.2, -0.15) is 0 Å². The molecule has 0 bridgehead atoms. The van der Waals surface area contributed by atoms with E-state index in [2.05, 4.69) is 5.32 Å². The number of carbonyl (C=O) groups is 2. The molecule has 0 spiro atoms. The molecule has 1 heterocycles. The third-order valence-electron chi connectivity index (χ3n) is 4.48. The molecule has 0 aliphatic heterocycles. The third kappa shape index (κ3) is 4.57. The van der Waals surface area contributed by atoms with Crippen LogP contribution in [0.4, 0.5) is 11.4 Å². The van der Waals surface area contributed by atoms with Gasteiger partial charge in [0.15, 0.2) is 6.10 Å². The molecule has 0 fully saturated rings. The molecule has 1 aromatic heterocycles. The minimum absolute atomic E-state index is 0.0471. The molecule has 156 valence electrons. The Kier molecular flexibility index (Phi) is 6.01. The van der Waals surface area contributed by atoms with E-state index < -0.39 is 22.9 Å². The highest BCUT2D eigenvalue weighted by molar-refractivity contribution is 5.96. The third-order valence-corrected chi connectivity index (χ3v) is 4.48. The largest absolute Gasteiger partial charge is 0.494 e. The van der Waals surface area contributed by atoms with E-state index in [9.17, 15) is 19.7 Å². The first kappa shape index (κ1) is 20.8. The lowest BCUT2D eigenvalue weighted by atomic mass is 10.1. The Morgan fingerprint density at radius 2 is 2.00 bits per heavy atom. The Morgan fingerprint density at radius 1 is 1.23 bits per heavy atom. The van der Waals surface area contributed by atoms with Gasteiger partial charge in [-0.15, -0.1) is 0 Å². The highest BCUT2D eigenvalue weighted by Gasteiger charge is 2.21. The zero-order chi connectivity index (χ0) is 21.8.